The van der Waals surface area contributed by atoms with E-state index in [2.05, 4.69) is 23.4 Å². The Hall–Kier alpha value is -2.01. The normalized spacial score (nSPS) is 12.5. The van der Waals surface area contributed by atoms with E-state index >= 15 is 0 Å². The highest BCUT2D eigenvalue weighted by molar-refractivity contribution is 5.42. The van der Waals surface area contributed by atoms with Gasteiger partial charge < -0.3 is 19.8 Å². The molecule has 0 aliphatic rings. The second-order valence-electron chi connectivity index (χ2n) is 5.37. The summed E-state index contributed by atoms with van der Waals surface area (Å²) in [6.45, 7) is 6.62. The Morgan fingerprint density at radius 2 is 2.05 bits per heavy atom. The summed E-state index contributed by atoms with van der Waals surface area (Å²) in [4.78, 5) is 4.18. The Bertz CT molecular complexity index is 591. The maximum atomic E-state index is 5.99. The molecule has 1 aromatic carbocycles. The number of rotatable bonds is 6. The lowest BCUT2D eigenvalue weighted by atomic mass is 10.1. The van der Waals surface area contributed by atoms with Crippen molar-refractivity contribution < 1.29 is 9.47 Å². The van der Waals surface area contributed by atoms with Crippen LogP contribution in [-0.2, 0) is 6.61 Å². The Morgan fingerprint density at radius 1 is 1.29 bits per heavy atom. The standard InChI is InChI=1S/C16H23N3O2/c1-11(2)19-10-18-8-13(19)9-21-16-7-14(20-4)5-6-15(16)12(3)17/h5-8,10-12H,9,17H2,1-4H3/t12-/m0/s1. The van der Waals surface area contributed by atoms with Gasteiger partial charge in [-0.05, 0) is 26.8 Å². The highest BCUT2D eigenvalue weighted by Crippen LogP contribution is 2.29. The van der Waals surface area contributed by atoms with Gasteiger partial charge in [0.05, 0.1) is 25.3 Å². The number of aromatic nitrogens is 2. The maximum Gasteiger partial charge on any atom is 0.130 e. The van der Waals surface area contributed by atoms with E-state index in [-0.39, 0.29) is 6.04 Å². The van der Waals surface area contributed by atoms with Crippen LogP contribution in [0.2, 0.25) is 0 Å². The van der Waals surface area contributed by atoms with E-state index in [0.29, 0.717) is 12.6 Å². The van der Waals surface area contributed by atoms with E-state index < -0.39 is 0 Å². The zero-order valence-electron chi connectivity index (χ0n) is 13.0. The summed E-state index contributed by atoms with van der Waals surface area (Å²) in [6.07, 6.45) is 3.65. The molecule has 2 aromatic rings. The van der Waals surface area contributed by atoms with Gasteiger partial charge in [-0.25, -0.2) is 4.98 Å². The molecule has 1 aromatic heterocycles. The zero-order chi connectivity index (χ0) is 15.4. The summed E-state index contributed by atoms with van der Waals surface area (Å²) in [6, 6.07) is 5.96. The zero-order valence-corrected chi connectivity index (χ0v) is 13.0. The summed E-state index contributed by atoms with van der Waals surface area (Å²) in [7, 11) is 1.64. The highest BCUT2D eigenvalue weighted by Gasteiger charge is 2.12. The third-order valence-corrected chi connectivity index (χ3v) is 3.39. The van der Waals surface area contributed by atoms with E-state index in [0.717, 1.165) is 22.8 Å². The molecule has 5 heteroatoms. The third-order valence-electron chi connectivity index (χ3n) is 3.39. The minimum absolute atomic E-state index is 0.0964. The summed E-state index contributed by atoms with van der Waals surface area (Å²) in [5, 5.41) is 0. The number of nitrogens with zero attached hydrogens (tertiary/aromatic N) is 2. The van der Waals surface area contributed by atoms with Gasteiger partial charge in [0.25, 0.3) is 0 Å². The number of nitrogens with two attached hydrogens (primary N) is 1. The van der Waals surface area contributed by atoms with Crippen molar-refractivity contribution in [2.45, 2.75) is 39.5 Å². The molecule has 2 rings (SSSR count). The molecule has 0 bridgehead atoms. The van der Waals surface area contributed by atoms with Crippen molar-refractivity contribution in [3.05, 3.63) is 42.0 Å². The number of hydrogen-bond acceptors (Lipinski definition) is 4. The SMILES string of the molecule is COc1ccc([C@H](C)N)c(OCc2cncn2C(C)C)c1. The van der Waals surface area contributed by atoms with Crippen LogP contribution in [0.1, 0.15) is 44.1 Å². The average molecular weight is 289 g/mol. The van der Waals surface area contributed by atoms with Gasteiger partial charge in [-0.2, -0.15) is 0 Å². The predicted molar refractivity (Wildman–Crippen MR) is 82.5 cm³/mol. The van der Waals surface area contributed by atoms with Gasteiger partial charge in [0.1, 0.15) is 18.1 Å². The summed E-state index contributed by atoms with van der Waals surface area (Å²) >= 11 is 0. The lowest BCUT2D eigenvalue weighted by molar-refractivity contribution is 0.286. The van der Waals surface area contributed by atoms with Gasteiger partial charge in [0.15, 0.2) is 0 Å². The van der Waals surface area contributed by atoms with Crippen molar-refractivity contribution in [3.8, 4) is 11.5 Å². The van der Waals surface area contributed by atoms with E-state index in [9.17, 15) is 0 Å². The molecular weight excluding hydrogens is 266 g/mol. The molecule has 1 atom stereocenters. The fourth-order valence-corrected chi connectivity index (χ4v) is 2.20. The van der Waals surface area contributed by atoms with Gasteiger partial charge in [-0.3, -0.25) is 0 Å². The fourth-order valence-electron chi connectivity index (χ4n) is 2.20. The summed E-state index contributed by atoms with van der Waals surface area (Å²) in [5.41, 5.74) is 7.99. The van der Waals surface area contributed by atoms with Crippen molar-refractivity contribution in [3.63, 3.8) is 0 Å². The van der Waals surface area contributed by atoms with Crippen molar-refractivity contribution in [1.29, 1.82) is 0 Å². The Kier molecular flexibility index (Phi) is 4.85. The van der Waals surface area contributed by atoms with Crippen LogP contribution < -0.4 is 15.2 Å². The van der Waals surface area contributed by atoms with Crippen LogP contribution in [0.3, 0.4) is 0 Å². The molecule has 21 heavy (non-hydrogen) atoms. The molecule has 114 valence electrons. The lowest BCUT2D eigenvalue weighted by Gasteiger charge is -2.17. The van der Waals surface area contributed by atoms with Crippen LogP contribution in [0.25, 0.3) is 0 Å². The van der Waals surface area contributed by atoms with Gasteiger partial charge in [-0.15, -0.1) is 0 Å². The molecule has 2 N–H and O–H groups in total. The fraction of sp³-hybridized carbons (Fsp3) is 0.438. The molecule has 0 unspecified atom stereocenters. The number of imidazole rings is 1. The van der Waals surface area contributed by atoms with E-state index in [1.807, 2.05) is 37.6 Å². The Morgan fingerprint density at radius 3 is 2.67 bits per heavy atom. The van der Waals surface area contributed by atoms with Crippen molar-refractivity contribution in [2.24, 2.45) is 5.73 Å². The summed E-state index contributed by atoms with van der Waals surface area (Å²) < 4.78 is 13.3. The van der Waals surface area contributed by atoms with Crippen LogP contribution in [0.4, 0.5) is 0 Å². The molecule has 0 spiro atoms. The lowest BCUT2D eigenvalue weighted by Crippen LogP contribution is -2.10. The van der Waals surface area contributed by atoms with Gasteiger partial charge >= 0.3 is 0 Å². The molecule has 0 amide bonds. The first kappa shape index (κ1) is 15.4. The largest absolute Gasteiger partial charge is 0.497 e. The molecule has 1 heterocycles. The van der Waals surface area contributed by atoms with Crippen molar-refractivity contribution in [2.75, 3.05) is 7.11 Å². The predicted octanol–water partition coefficient (Wildman–Crippen LogP) is 3.07. The van der Waals surface area contributed by atoms with Crippen LogP contribution in [0, 0.1) is 0 Å². The van der Waals surface area contributed by atoms with Gasteiger partial charge in [0, 0.05) is 23.7 Å². The Balaban J connectivity index is 2.20. The number of ether oxygens (including phenoxy) is 2. The van der Waals surface area contributed by atoms with Crippen LogP contribution in [-0.4, -0.2) is 16.7 Å². The number of benzene rings is 1. The van der Waals surface area contributed by atoms with Gasteiger partial charge in [0.2, 0.25) is 0 Å². The molecule has 0 saturated heterocycles. The molecular formula is C16H23N3O2. The monoisotopic (exact) mass is 289 g/mol. The third kappa shape index (κ3) is 3.55. The van der Waals surface area contributed by atoms with E-state index in [1.54, 1.807) is 7.11 Å². The van der Waals surface area contributed by atoms with Crippen molar-refractivity contribution in [1.82, 2.24) is 9.55 Å². The Labute approximate surface area is 125 Å². The molecule has 0 fully saturated rings. The van der Waals surface area contributed by atoms with Crippen LogP contribution in [0.15, 0.2) is 30.7 Å². The molecule has 0 aliphatic heterocycles. The molecule has 0 saturated carbocycles. The van der Waals surface area contributed by atoms with E-state index in [1.165, 1.54) is 0 Å². The number of methoxy groups -OCH3 is 1. The van der Waals surface area contributed by atoms with Gasteiger partial charge in [-0.1, -0.05) is 6.07 Å². The van der Waals surface area contributed by atoms with E-state index in [4.69, 9.17) is 15.2 Å². The minimum Gasteiger partial charge on any atom is -0.497 e. The molecule has 0 aliphatic carbocycles. The minimum atomic E-state index is -0.0964. The maximum absolute atomic E-state index is 5.99. The topological polar surface area (TPSA) is 62.3 Å². The first-order valence-electron chi connectivity index (χ1n) is 7.10. The smallest absolute Gasteiger partial charge is 0.130 e. The first-order valence-corrected chi connectivity index (χ1v) is 7.10. The molecule has 5 nitrogen and oxygen atoms in total. The van der Waals surface area contributed by atoms with Crippen LogP contribution >= 0.6 is 0 Å². The molecule has 0 radical (unpaired) electrons. The first-order chi connectivity index (χ1) is 10.0. The average Bonchev–Trinajstić information content (AvgIpc) is 2.93. The quantitative estimate of drug-likeness (QED) is 0.887. The number of hydrogen-bond donors (Lipinski definition) is 1. The van der Waals surface area contributed by atoms with Crippen molar-refractivity contribution >= 4 is 0 Å². The van der Waals surface area contributed by atoms with Crippen LogP contribution in [0.5, 0.6) is 11.5 Å². The summed E-state index contributed by atoms with van der Waals surface area (Å²) in [5.74, 6) is 1.51. The highest BCUT2D eigenvalue weighted by atomic mass is 16.5. The second-order valence-corrected chi connectivity index (χ2v) is 5.37. The second kappa shape index (κ2) is 6.63.